The second-order valence-corrected chi connectivity index (χ2v) is 8.55. The van der Waals surface area contributed by atoms with Crippen LogP contribution in [0.25, 0.3) is 0 Å². The molecule has 1 saturated carbocycles. The van der Waals surface area contributed by atoms with Gasteiger partial charge in [-0.05, 0) is 64.7 Å². The predicted octanol–water partition coefficient (Wildman–Crippen LogP) is 3.47. The number of hydrogen-bond donors (Lipinski definition) is 0. The quantitative estimate of drug-likeness (QED) is 0.755. The van der Waals surface area contributed by atoms with Crippen molar-refractivity contribution < 1.29 is 23.5 Å². The van der Waals surface area contributed by atoms with Crippen molar-refractivity contribution >= 4 is 12.6 Å². The number of benzene rings is 1. The van der Waals surface area contributed by atoms with Crippen LogP contribution in [0.1, 0.15) is 53.0 Å². The Morgan fingerprint density at radius 3 is 2.19 bits per heavy atom. The molecule has 1 aromatic carbocycles. The summed E-state index contributed by atoms with van der Waals surface area (Å²) in [7, 11) is -0.493. The molecule has 0 radical (unpaired) electrons. The number of rotatable bonds is 5. The first-order valence-corrected chi connectivity index (χ1v) is 9.34. The van der Waals surface area contributed by atoms with Gasteiger partial charge in [-0.1, -0.05) is 0 Å². The van der Waals surface area contributed by atoms with E-state index in [0.717, 1.165) is 23.4 Å². The lowest BCUT2D eigenvalue weighted by Gasteiger charge is -2.32. The number of hydrogen-bond acceptors (Lipinski definition) is 5. The molecule has 0 atom stereocenters. The van der Waals surface area contributed by atoms with Crippen molar-refractivity contribution in [1.82, 2.24) is 0 Å². The second-order valence-electron chi connectivity index (χ2n) is 8.55. The zero-order valence-corrected chi connectivity index (χ0v) is 16.2. The molecule has 6 heteroatoms. The van der Waals surface area contributed by atoms with Gasteiger partial charge in [-0.2, -0.15) is 0 Å². The third kappa shape index (κ3) is 3.10. The van der Waals surface area contributed by atoms with E-state index in [0.29, 0.717) is 5.92 Å². The predicted molar refractivity (Wildman–Crippen MR) is 99.0 cm³/mol. The van der Waals surface area contributed by atoms with E-state index in [4.69, 9.17) is 23.5 Å². The molecule has 3 aliphatic rings. The Morgan fingerprint density at radius 2 is 1.62 bits per heavy atom. The first-order valence-electron chi connectivity index (χ1n) is 9.34. The molecule has 0 aromatic heterocycles. The van der Waals surface area contributed by atoms with E-state index in [-0.39, 0.29) is 0 Å². The first-order chi connectivity index (χ1) is 12.2. The highest BCUT2D eigenvalue weighted by Gasteiger charge is 2.53. The Labute approximate surface area is 155 Å². The maximum atomic E-state index is 6.26. The lowest BCUT2D eigenvalue weighted by atomic mass is 9.77. The summed E-state index contributed by atoms with van der Waals surface area (Å²) in [5, 5.41) is 0. The molecule has 0 unspecified atom stereocenters. The average Bonchev–Trinajstić information content (AvgIpc) is 3.25. The fourth-order valence-corrected chi connectivity index (χ4v) is 3.09. The second kappa shape index (κ2) is 5.93. The molecule has 2 aliphatic heterocycles. The summed E-state index contributed by atoms with van der Waals surface area (Å²) in [6.45, 7) is 10.8. The summed E-state index contributed by atoms with van der Waals surface area (Å²) in [6.07, 6.45) is 5.61. The van der Waals surface area contributed by atoms with Crippen molar-refractivity contribution in [1.29, 1.82) is 0 Å². The minimum atomic E-state index is -0.840. The fraction of sp³-hybridized carbons (Fsp3) is 0.600. The summed E-state index contributed by atoms with van der Waals surface area (Å²) < 4.78 is 29.9. The lowest BCUT2D eigenvalue weighted by Crippen LogP contribution is -2.41. The van der Waals surface area contributed by atoms with Crippen molar-refractivity contribution in [2.45, 2.75) is 64.4 Å². The average molecular weight is 358 g/mol. The molecule has 1 aromatic rings. The smallest absolute Gasteiger partial charge is 0.494 e. The Kier molecular flexibility index (Phi) is 4.05. The molecule has 0 N–H and O–H groups in total. The highest BCUT2D eigenvalue weighted by atomic mass is 16.7. The van der Waals surface area contributed by atoms with Gasteiger partial charge < -0.3 is 23.5 Å². The lowest BCUT2D eigenvalue weighted by molar-refractivity contribution is -0.133. The third-order valence-electron chi connectivity index (χ3n) is 5.85. The molecule has 0 bridgehead atoms. The minimum Gasteiger partial charge on any atom is -0.494 e. The molecule has 0 spiro atoms. The van der Waals surface area contributed by atoms with E-state index in [9.17, 15) is 0 Å². The topological polar surface area (TPSA) is 46.2 Å². The maximum absolute atomic E-state index is 6.26. The zero-order valence-electron chi connectivity index (χ0n) is 16.2. The largest absolute Gasteiger partial charge is 0.498 e. The highest BCUT2D eigenvalue weighted by Crippen LogP contribution is 2.39. The van der Waals surface area contributed by atoms with E-state index in [1.54, 1.807) is 12.5 Å². The monoisotopic (exact) mass is 358 g/mol. The SMILES string of the molecule is CC1(c2ccc(OCC3CC3)c(B3OC(C)(C)C(C)(C)O3)c2)OC=CO1. The fourth-order valence-electron chi connectivity index (χ4n) is 3.09. The van der Waals surface area contributed by atoms with Gasteiger partial charge in [-0.15, -0.1) is 0 Å². The molecule has 5 nitrogen and oxygen atoms in total. The van der Waals surface area contributed by atoms with Gasteiger partial charge in [-0.25, -0.2) is 0 Å². The van der Waals surface area contributed by atoms with Crippen LogP contribution in [0, 0.1) is 5.92 Å². The van der Waals surface area contributed by atoms with Gasteiger partial charge in [0, 0.05) is 17.9 Å². The van der Waals surface area contributed by atoms with E-state index in [1.807, 2.05) is 25.1 Å². The van der Waals surface area contributed by atoms with Crippen LogP contribution in [-0.4, -0.2) is 24.9 Å². The zero-order chi connectivity index (χ0) is 18.6. The molecule has 1 aliphatic carbocycles. The Balaban J connectivity index is 1.67. The van der Waals surface area contributed by atoms with Gasteiger partial charge in [0.05, 0.1) is 17.8 Å². The molecule has 26 heavy (non-hydrogen) atoms. The Bertz CT molecular complexity index is 699. The standard InChI is InChI=1S/C20H27BO5/c1-18(2)19(3,4)26-21(25-18)16-12-15(20(5)23-10-11-24-20)8-9-17(16)22-13-14-6-7-14/h8-12,14H,6-7,13H2,1-5H3. The van der Waals surface area contributed by atoms with Crippen molar-refractivity contribution in [2.75, 3.05) is 6.61 Å². The Hall–Kier alpha value is -1.66. The molecule has 4 rings (SSSR count). The van der Waals surface area contributed by atoms with E-state index in [2.05, 4.69) is 27.7 Å². The highest BCUT2D eigenvalue weighted by molar-refractivity contribution is 6.63. The molecule has 140 valence electrons. The third-order valence-corrected chi connectivity index (χ3v) is 5.85. The van der Waals surface area contributed by atoms with Gasteiger partial charge in [0.1, 0.15) is 18.3 Å². The molecular weight excluding hydrogens is 331 g/mol. The van der Waals surface area contributed by atoms with E-state index >= 15 is 0 Å². The summed E-state index contributed by atoms with van der Waals surface area (Å²) in [5.74, 6) is 0.630. The van der Waals surface area contributed by atoms with Gasteiger partial charge >= 0.3 is 7.12 Å². The van der Waals surface area contributed by atoms with Crippen LogP contribution < -0.4 is 10.2 Å². The van der Waals surface area contributed by atoms with Crippen LogP contribution in [0.5, 0.6) is 5.75 Å². The van der Waals surface area contributed by atoms with E-state index in [1.165, 1.54) is 12.8 Å². The van der Waals surface area contributed by atoms with Crippen molar-refractivity contribution in [3.8, 4) is 5.75 Å². The normalized spacial score (nSPS) is 25.0. The summed E-state index contributed by atoms with van der Waals surface area (Å²) >= 11 is 0. The molecule has 2 fully saturated rings. The molecule has 1 saturated heterocycles. The van der Waals surface area contributed by atoms with Crippen LogP contribution in [-0.2, 0) is 24.6 Å². The minimum absolute atomic E-state index is 0.409. The number of ether oxygens (including phenoxy) is 3. The van der Waals surface area contributed by atoms with Gasteiger partial charge in [0.15, 0.2) is 0 Å². The Morgan fingerprint density at radius 1 is 1.00 bits per heavy atom. The summed E-state index contributed by atoms with van der Waals surface area (Å²) in [6, 6.07) is 5.95. The van der Waals surface area contributed by atoms with Crippen molar-refractivity contribution in [3.05, 3.63) is 36.3 Å². The van der Waals surface area contributed by atoms with Crippen molar-refractivity contribution in [3.63, 3.8) is 0 Å². The summed E-state index contributed by atoms with van der Waals surface area (Å²) in [4.78, 5) is 0. The van der Waals surface area contributed by atoms with Gasteiger partial charge in [-0.3, -0.25) is 0 Å². The van der Waals surface area contributed by atoms with Gasteiger partial charge in [0.25, 0.3) is 5.79 Å². The molecular formula is C20H27BO5. The van der Waals surface area contributed by atoms with Crippen LogP contribution in [0.4, 0.5) is 0 Å². The maximum Gasteiger partial charge on any atom is 0.498 e. The van der Waals surface area contributed by atoms with Crippen LogP contribution >= 0.6 is 0 Å². The summed E-state index contributed by atoms with van der Waals surface area (Å²) in [5.41, 5.74) is 0.952. The molecule has 0 amide bonds. The van der Waals surface area contributed by atoms with Crippen LogP contribution in [0.3, 0.4) is 0 Å². The molecule has 2 heterocycles. The van der Waals surface area contributed by atoms with Crippen molar-refractivity contribution in [2.24, 2.45) is 5.92 Å². The van der Waals surface area contributed by atoms with Crippen LogP contribution in [0.15, 0.2) is 30.7 Å². The van der Waals surface area contributed by atoms with Gasteiger partial charge in [0.2, 0.25) is 0 Å². The van der Waals surface area contributed by atoms with Crippen LogP contribution in [0.2, 0.25) is 0 Å². The van der Waals surface area contributed by atoms with E-state index < -0.39 is 24.1 Å². The first kappa shape index (κ1) is 17.7.